The standard InChI is InChI=1S/C22H22FN5O5S2/c1-5-26-20(29)14-6-12-13(9-28(4)21(30)16(12)27-14)19-18(15(23)22(34-19)35(24,31)32)33-17-10(2)7-25-8-11(17)3/h6-9,27H,5H2,1-4H3,(H,26,29)(H2,24,31,32). The van der Waals surface area contributed by atoms with Crippen LogP contribution in [0.25, 0.3) is 21.3 Å². The molecule has 4 rings (SSSR count). The summed E-state index contributed by atoms with van der Waals surface area (Å²) in [7, 11) is -2.95. The van der Waals surface area contributed by atoms with Gasteiger partial charge in [-0.3, -0.25) is 14.6 Å². The lowest BCUT2D eigenvalue weighted by atomic mass is 10.1. The largest absolute Gasteiger partial charge is 0.452 e. The summed E-state index contributed by atoms with van der Waals surface area (Å²) in [6.45, 7) is 5.56. The summed E-state index contributed by atoms with van der Waals surface area (Å²) in [6, 6.07) is 1.46. The highest BCUT2D eigenvalue weighted by Gasteiger charge is 2.30. The number of nitrogens with two attached hydrogens (primary N) is 1. The molecule has 0 aliphatic carbocycles. The first-order chi connectivity index (χ1) is 16.4. The van der Waals surface area contributed by atoms with E-state index in [9.17, 15) is 18.0 Å². The Kier molecular flexibility index (Phi) is 6.25. The van der Waals surface area contributed by atoms with E-state index < -0.39 is 31.5 Å². The number of fused-ring (bicyclic) bond motifs is 1. The SMILES string of the molecule is CCNC(=O)c1cc2c(-c3sc(S(N)(=O)=O)c(F)c3Oc3c(C)cncc3C)cn(C)c(=O)c2[nH]1. The molecular formula is C22H22FN5O5S2. The van der Waals surface area contributed by atoms with Gasteiger partial charge in [0.25, 0.3) is 21.5 Å². The molecule has 4 N–H and O–H groups in total. The molecule has 4 aromatic heterocycles. The number of thiophene rings is 1. The molecule has 0 aliphatic rings. The molecule has 0 radical (unpaired) electrons. The van der Waals surface area contributed by atoms with Crippen molar-refractivity contribution in [1.82, 2.24) is 19.9 Å². The Bertz CT molecular complexity index is 1630. The van der Waals surface area contributed by atoms with E-state index >= 15 is 4.39 Å². The Labute approximate surface area is 203 Å². The van der Waals surface area contributed by atoms with Crippen LogP contribution in [-0.2, 0) is 17.1 Å². The number of primary sulfonamides is 1. The number of aromatic amines is 1. The first-order valence-electron chi connectivity index (χ1n) is 10.4. The number of halogens is 1. The number of sulfonamides is 1. The number of hydrogen-bond donors (Lipinski definition) is 3. The molecule has 0 fully saturated rings. The number of aryl methyl sites for hydroxylation is 3. The molecule has 0 bridgehead atoms. The van der Waals surface area contributed by atoms with Crippen LogP contribution < -0.4 is 20.8 Å². The zero-order valence-corrected chi connectivity index (χ0v) is 20.9. The minimum Gasteiger partial charge on any atom is -0.452 e. The molecule has 0 saturated heterocycles. The van der Waals surface area contributed by atoms with Gasteiger partial charge in [0.2, 0.25) is 0 Å². The van der Waals surface area contributed by atoms with Gasteiger partial charge in [-0.1, -0.05) is 0 Å². The number of H-pyrrole nitrogens is 1. The number of rotatable bonds is 6. The lowest BCUT2D eigenvalue weighted by Crippen LogP contribution is -2.23. The maximum absolute atomic E-state index is 15.5. The molecule has 10 nitrogen and oxygen atoms in total. The molecule has 4 aromatic rings. The first-order valence-corrected chi connectivity index (χ1v) is 12.7. The van der Waals surface area contributed by atoms with E-state index in [-0.39, 0.29) is 27.4 Å². The Morgan fingerprint density at radius 3 is 2.54 bits per heavy atom. The second kappa shape index (κ2) is 8.91. The van der Waals surface area contributed by atoms with Crippen molar-refractivity contribution in [2.75, 3.05) is 6.54 Å². The van der Waals surface area contributed by atoms with Crippen LogP contribution in [0.1, 0.15) is 28.5 Å². The second-order valence-electron chi connectivity index (χ2n) is 7.90. The number of amides is 1. The van der Waals surface area contributed by atoms with E-state index in [0.29, 0.717) is 40.1 Å². The van der Waals surface area contributed by atoms with Crippen LogP contribution in [0.3, 0.4) is 0 Å². The molecule has 0 aliphatic heterocycles. The fraction of sp³-hybridized carbons (Fsp3) is 0.227. The Hall–Kier alpha value is -3.55. The van der Waals surface area contributed by atoms with Gasteiger partial charge < -0.3 is 19.6 Å². The number of aromatic nitrogens is 3. The highest BCUT2D eigenvalue weighted by Crippen LogP contribution is 2.47. The third-order valence-electron chi connectivity index (χ3n) is 5.29. The van der Waals surface area contributed by atoms with Crippen LogP contribution in [0.15, 0.2) is 33.7 Å². The molecule has 35 heavy (non-hydrogen) atoms. The lowest BCUT2D eigenvalue weighted by Gasteiger charge is -2.13. The third-order valence-corrected chi connectivity index (χ3v) is 7.90. The van der Waals surface area contributed by atoms with Crippen molar-refractivity contribution in [3.05, 3.63) is 57.6 Å². The van der Waals surface area contributed by atoms with Crippen molar-refractivity contribution in [3.8, 4) is 21.9 Å². The average Bonchev–Trinajstić information content (AvgIpc) is 3.36. The highest BCUT2D eigenvalue weighted by molar-refractivity contribution is 7.91. The summed E-state index contributed by atoms with van der Waals surface area (Å²) < 4.78 is 46.3. The van der Waals surface area contributed by atoms with Crippen molar-refractivity contribution in [3.63, 3.8) is 0 Å². The zero-order chi connectivity index (χ0) is 25.7. The molecule has 0 aromatic carbocycles. The van der Waals surface area contributed by atoms with Crippen LogP contribution in [0.5, 0.6) is 11.5 Å². The third kappa shape index (κ3) is 4.33. The molecule has 0 unspecified atom stereocenters. The molecule has 4 heterocycles. The minimum atomic E-state index is -4.43. The van der Waals surface area contributed by atoms with E-state index in [1.807, 2.05) is 0 Å². The van der Waals surface area contributed by atoms with Gasteiger partial charge >= 0.3 is 0 Å². The van der Waals surface area contributed by atoms with Gasteiger partial charge in [-0.15, -0.1) is 11.3 Å². The lowest BCUT2D eigenvalue weighted by molar-refractivity contribution is 0.0951. The molecule has 0 saturated carbocycles. The maximum Gasteiger partial charge on any atom is 0.274 e. The Balaban J connectivity index is 2.04. The van der Waals surface area contributed by atoms with Crippen molar-refractivity contribution in [2.45, 2.75) is 25.0 Å². The molecule has 184 valence electrons. The quantitative estimate of drug-likeness (QED) is 0.357. The van der Waals surface area contributed by atoms with E-state index in [1.54, 1.807) is 20.8 Å². The summed E-state index contributed by atoms with van der Waals surface area (Å²) in [4.78, 5) is 32.1. The predicted octanol–water partition coefficient (Wildman–Crippen LogP) is 2.94. The average molecular weight is 520 g/mol. The topological polar surface area (TPSA) is 149 Å². The van der Waals surface area contributed by atoms with E-state index in [0.717, 1.165) is 0 Å². The summed E-state index contributed by atoms with van der Waals surface area (Å²) >= 11 is 0.576. The van der Waals surface area contributed by atoms with Gasteiger partial charge in [0, 0.05) is 54.3 Å². The molecule has 1 amide bonds. The molecule has 0 spiro atoms. The van der Waals surface area contributed by atoms with Crippen LogP contribution in [-0.4, -0.2) is 35.4 Å². The number of carbonyl (C=O) groups excluding carboxylic acids is 1. The number of carbonyl (C=O) groups is 1. The number of nitrogens with one attached hydrogen (secondary N) is 2. The van der Waals surface area contributed by atoms with Crippen molar-refractivity contribution in [1.29, 1.82) is 0 Å². The van der Waals surface area contributed by atoms with Gasteiger partial charge in [-0.25, -0.2) is 17.9 Å². The van der Waals surface area contributed by atoms with E-state index in [2.05, 4.69) is 15.3 Å². The summed E-state index contributed by atoms with van der Waals surface area (Å²) in [5.41, 5.74) is 1.28. The highest BCUT2D eigenvalue weighted by atomic mass is 32.2. The fourth-order valence-corrected chi connectivity index (χ4v) is 5.59. The number of nitrogens with zero attached hydrogens (tertiary/aromatic N) is 2. The monoisotopic (exact) mass is 519 g/mol. The zero-order valence-electron chi connectivity index (χ0n) is 19.2. The summed E-state index contributed by atoms with van der Waals surface area (Å²) in [5.74, 6) is -1.64. The van der Waals surface area contributed by atoms with Crippen LogP contribution in [0.2, 0.25) is 0 Å². The number of ether oxygens (including phenoxy) is 1. The van der Waals surface area contributed by atoms with Crippen molar-refractivity contribution in [2.24, 2.45) is 12.2 Å². The molecule has 0 atom stereocenters. The van der Waals surface area contributed by atoms with E-state index in [4.69, 9.17) is 9.88 Å². The Morgan fingerprint density at radius 2 is 1.94 bits per heavy atom. The van der Waals surface area contributed by atoms with Crippen LogP contribution >= 0.6 is 11.3 Å². The summed E-state index contributed by atoms with van der Waals surface area (Å²) in [6.07, 6.45) is 4.49. The number of hydrogen-bond acceptors (Lipinski definition) is 7. The first kappa shape index (κ1) is 24.6. The predicted molar refractivity (Wildman–Crippen MR) is 130 cm³/mol. The van der Waals surface area contributed by atoms with Gasteiger partial charge in [-0.2, -0.15) is 0 Å². The van der Waals surface area contributed by atoms with Crippen LogP contribution in [0, 0.1) is 19.7 Å². The maximum atomic E-state index is 15.5. The van der Waals surface area contributed by atoms with E-state index in [1.165, 1.54) is 36.3 Å². The van der Waals surface area contributed by atoms with Gasteiger partial charge in [0.05, 0.1) is 4.88 Å². The fourth-order valence-electron chi connectivity index (χ4n) is 3.67. The van der Waals surface area contributed by atoms with Gasteiger partial charge in [0.15, 0.2) is 15.8 Å². The molecular weight excluding hydrogens is 497 g/mol. The minimum absolute atomic E-state index is 0.0872. The van der Waals surface area contributed by atoms with Crippen LogP contribution in [0.4, 0.5) is 4.39 Å². The van der Waals surface area contributed by atoms with Crippen molar-refractivity contribution < 1.29 is 22.3 Å². The summed E-state index contributed by atoms with van der Waals surface area (Å²) in [5, 5.41) is 8.22. The Morgan fingerprint density at radius 1 is 1.29 bits per heavy atom. The normalized spacial score (nSPS) is 11.7. The molecule has 13 heteroatoms. The smallest absolute Gasteiger partial charge is 0.274 e. The van der Waals surface area contributed by atoms with Crippen molar-refractivity contribution >= 4 is 38.2 Å². The van der Waals surface area contributed by atoms with Gasteiger partial charge in [-0.05, 0) is 26.8 Å². The number of pyridine rings is 2. The van der Waals surface area contributed by atoms with Gasteiger partial charge in [0.1, 0.15) is 17.0 Å². The second-order valence-corrected chi connectivity index (χ2v) is 10.7.